The highest BCUT2D eigenvalue weighted by Gasteiger charge is 2.14. The molecule has 2 heterocycles. The summed E-state index contributed by atoms with van der Waals surface area (Å²) < 4.78 is 15.1. The Bertz CT molecular complexity index is 1030. The molecule has 0 fully saturated rings. The molecule has 2 aromatic heterocycles. The summed E-state index contributed by atoms with van der Waals surface area (Å²) in [5.74, 6) is -0.223. The van der Waals surface area contributed by atoms with Gasteiger partial charge in [-0.05, 0) is 48.9 Å². The number of nitrogens with one attached hydrogen (secondary N) is 1. The average Bonchev–Trinajstić information content (AvgIpc) is 3.18. The number of aromatic nitrogens is 3. The molecule has 28 heavy (non-hydrogen) atoms. The number of pyridine rings is 1. The van der Waals surface area contributed by atoms with Crippen LogP contribution in [0.1, 0.15) is 24.1 Å². The van der Waals surface area contributed by atoms with Crippen LogP contribution in [0, 0.1) is 5.82 Å². The summed E-state index contributed by atoms with van der Waals surface area (Å²) in [7, 11) is 0. The summed E-state index contributed by atoms with van der Waals surface area (Å²) in [6, 6.07) is 20.6. The van der Waals surface area contributed by atoms with E-state index in [9.17, 15) is 4.39 Å². The lowest BCUT2D eigenvalue weighted by molar-refractivity contribution is 0.571. The van der Waals surface area contributed by atoms with Gasteiger partial charge in [0.1, 0.15) is 5.82 Å². The van der Waals surface area contributed by atoms with E-state index in [1.54, 1.807) is 6.20 Å². The molecule has 1 N–H and O–H groups in total. The minimum atomic E-state index is -0.223. The van der Waals surface area contributed by atoms with E-state index in [0.717, 1.165) is 28.1 Å². The van der Waals surface area contributed by atoms with Gasteiger partial charge in [-0.3, -0.25) is 4.98 Å². The zero-order valence-electron chi connectivity index (χ0n) is 15.6. The predicted octanol–water partition coefficient (Wildman–Crippen LogP) is 4.92. The van der Waals surface area contributed by atoms with Gasteiger partial charge in [0, 0.05) is 42.3 Å². The maximum atomic E-state index is 13.2. The lowest BCUT2D eigenvalue weighted by Crippen LogP contribution is -2.18. The first-order chi connectivity index (χ1) is 13.7. The van der Waals surface area contributed by atoms with Crippen LogP contribution in [0.4, 0.5) is 4.39 Å². The molecule has 0 bridgehead atoms. The lowest BCUT2D eigenvalue weighted by atomic mass is 10.1. The molecule has 140 valence electrons. The average molecular weight is 372 g/mol. The molecule has 1 atom stereocenters. The standard InChI is InChI=1S/C23H21FN4/c1-17(18-9-11-21(24)12-10-18)26-15-20-16-28(22-7-3-2-4-8-22)27-23(20)19-6-5-13-25-14-19/h2-14,16-17,26H,15H2,1H3/t17-/m1/s1. The number of hydrogen-bond donors (Lipinski definition) is 1. The normalized spacial score (nSPS) is 12.1. The van der Waals surface area contributed by atoms with Gasteiger partial charge in [-0.25, -0.2) is 9.07 Å². The van der Waals surface area contributed by atoms with E-state index >= 15 is 0 Å². The highest BCUT2D eigenvalue weighted by Crippen LogP contribution is 2.24. The first-order valence-electron chi connectivity index (χ1n) is 9.24. The zero-order valence-corrected chi connectivity index (χ0v) is 15.6. The molecule has 4 nitrogen and oxygen atoms in total. The molecule has 4 rings (SSSR count). The van der Waals surface area contributed by atoms with Crippen molar-refractivity contribution < 1.29 is 4.39 Å². The summed E-state index contributed by atoms with van der Waals surface area (Å²) in [5.41, 5.74) is 5.00. The van der Waals surface area contributed by atoms with Gasteiger partial charge in [0.25, 0.3) is 0 Å². The van der Waals surface area contributed by atoms with Crippen molar-refractivity contribution in [1.29, 1.82) is 0 Å². The van der Waals surface area contributed by atoms with Crippen LogP contribution in [0.25, 0.3) is 16.9 Å². The molecule has 0 aliphatic carbocycles. The van der Waals surface area contributed by atoms with Crippen LogP contribution in [-0.4, -0.2) is 14.8 Å². The summed E-state index contributed by atoms with van der Waals surface area (Å²) in [5, 5.41) is 8.31. The van der Waals surface area contributed by atoms with Gasteiger partial charge in [0.15, 0.2) is 0 Å². The second-order valence-corrected chi connectivity index (χ2v) is 6.68. The van der Waals surface area contributed by atoms with E-state index in [2.05, 4.69) is 17.2 Å². The Morgan fingerprint density at radius 1 is 1.00 bits per heavy atom. The van der Waals surface area contributed by atoms with Crippen molar-refractivity contribution in [2.45, 2.75) is 19.5 Å². The highest BCUT2D eigenvalue weighted by molar-refractivity contribution is 5.62. The van der Waals surface area contributed by atoms with Crippen LogP contribution in [0.15, 0.2) is 85.3 Å². The maximum absolute atomic E-state index is 13.2. The zero-order chi connectivity index (χ0) is 19.3. The number of rotatable bonds is 6. The van der Waals surface area contributed by atoms with Crippen molar-refractivity contribution in [2.75, 3.05) is 0 Å². The number of para-hydroxylation sites is 1. The molecule has 4 aromatic rings. The van der Waals surface area contributed by atoms with Crippen LogP contribution in [0.2, 0.25) is 0 Å². The fourth-order valence-corrected chi connectivity index (χ4v) is 3.13. The predicted molar refractivity (Wildman–Crippen MR) is 108 cm³/mol. The Balaban J connectivity index is 1.61. The Morgan fingerprint density at radius 2 is 1.79 bits per heavy atom. The Kier molecular flexibility index (Phi) is 5.26. The highest BCUT2D eigenvalue weighted by atomic mass is 19.1. The largest absolute Gasteiger partial charge is 0.306 e. The third-order valence-corrected chi connectivity index (χ3v) is 4.71. The van der Waals surface area contributed by atoms with E-state index in [-0.39, 0.29) is 11.9 Å². The molecular weight excluding hydrogens is 351 g/mol. The molecule has 0 saturated carbocycles. The minimum absolute atomic E-state index is 0.0856. The van der Waals surface area contributed by atoms with Crippen molar-refractivity contribution in [3.63, 3.8) is 0 Å². The molecule has 0 radical (unpaired) electrons. The minimum Gasteiger partial charge on any atom is -0.306 e. The fraction of sp³-hybridized carbons (Fsp3) is 0.130. The molecule has 0 unspecified atom stereocenters. The fourth-order valence-electron chi connectivity index (χ4n) is 3.13. The first kappa shape index (κ1) is 18.1. The molecule has 2 aromatic carbocycles. The van der Waals surface area contributed by atoms with E-state index in [4.69, 9.17) is 5.10 Å². The summed E-state index contributed by atoms with van der Waals surface area (Å²) >= 11 is 0. The van der Waals surface area contributed by atoms with Gasteiger partial charge in [0.2, 0.25) is 0 Å². The summed E-state index contributed by atoms with van der Waals surface area (Å²) in [4.78, 5) is 4.23. The van der Waals surface area contributed by atoms with Gasteiger partial charge in [-0.15, -0.1) is 0 Å². The topological polar surface area (TPSA) is 42.7 Å². The van der Waals surface area contributed by atoms with Crippen LogP contribution in [-0.2, 0) is 6.54 Å². The van der Waals surface area contributed by atoms with Gasteiger partial charge in [0.05, 0.1) is 11.4 Å². The third kappa shape index (κ3) is 4.00. The monoisotopic (exact) mass is 372 g/mol. The smallest absolute Gasteiger partial charge is 0.123 e. The molecule has 0 saturated heterocycles. The van der Waals surface area contributed by atoms with Crippen LogP contribution in [0.5, 0.6) is 0 Å². The van der Waals surface area contributed by atoms with Crippen LogP contribution >= 0.6 is 0 Å². The van der Waals surface area contributed by atoms with Crippen molar-refractivity contribution in [1.82, 2.24) is 20.1 Å². The van der Waals surface area contributed by atoms with Crippen LogP contribution < -0.4 is 5.32 Å². The molecule has 0 aliphatic heterocycles. The van der Waals surface area contributed by atoms with Crippen molar-refractivity contribution in [3.8, 4) is 16.9 Å². The maximum Gasteiger partial charge on any atom is 0.123 e. The van der Waals surface area contributed by atoms with Gasteiger partial charge in [-0.1, -0.05) is 30.3 Å². The molecule has 5 heteroatoms. The van der Waals surface area contributed by atoms with E-state index in [1.807, 2.05) is 71.7 Å². The van der Waals surface area contributed by atoms with E-state index in [0.29, 0.717) is 6.54 Å². The van der Waals surface area contributed by atoms with Gasteiger partial charge >= 0.3 is 0 Å². The number of benzene rings is 2. The number of halogens is 1. The second kappa shape index (κ2) is 8.15. The van der Waals surface area contributed by atoms with E-state index in [1.165, 1.54) is 12.1 Å². The number of nitrogens with zero attached hydrogens (tertiary/aromatic N) is 3. The summed E-state index contributed by atoms with van der Waals surface area (Å²) in [6.45, 7) is 2.70. The number of hydrogen-bond acceptors (Lipinski definition) is 3. The van der Waals surface area contributed by atoms with E-state index < -0.39 is 0 Å². The lowest BCUT2D eigenvalue weighted by Gasteiger charge is -2.14. The Labute approximate surface area is 163 Å². The Morgan fingerprint density at radius 3 is 2.50 bits per heavy atom. The van der Waals surface area contributed by atoms with Crippen molar-refractivity contribution >= 4 is 0 Å². The molecule has 0 spiro atoms. The van der Waals surface area contributed by atoms with Crippen molar-refractivity contribution in [3.05, 3.63) is 102 Å². The molecule has 0 aliphatic rings. The third-order valence-electron chi connectivity index (χ3n) is 4.71. The van der Waals surface area contributed by atoms with Crippen LogP contribution in [0.3, 0.4) is 0 Å². The molecule has 0 amide bonds. The Hall–Kier alpha value is -3.31. The quantitative estimate of drug-likeness (QED) is 0.522. The van der Waals surface area contributed by atoms with Gasteiger partial charge in [-0.2, -0.15) is 5.10 Å². The second-order valence-electron chi connectivity index (χ2n) is 6.68. The van der Waals surface area contributed by atoms with Crippen molar-refractivity contribution in [2.24, 2.45) is 0 Å². The SMILES string of the molecule is C[C@@H](NCc1cn(-c2ccccc2)nc1-c1cccnc1)c1ccc(F)cc1. The van der Waals surface area contributed by atoms with Gasteiger partial charge < -0.3 is 5.32 Å². The first-order valence-corrected chi connectivity index (χ1v) is 9.24. The summed E-state index contributed by atoms with van der Waals surface area (Å²) in [6.07, 6.45) is 5.62. The molecular formula is C23H21FN4.